The van der Waals surface area contributed by atoms with E-state index in [1.165, 1.54) is 13.2 Å². The van der Waals surface area contributed by atoms with E-state index in [4.69, 9.17) is 16.3 Å². The zero-order valence-electron chi connectivity index (χ0n) is 16.2. The molecule has 2 N–H and O–H groups in total. The van der Waals surface area contributed by atoms with E-state index in [1.54, 1.807) is 0 Å². The highest BCUT2D eigenvalue weighted by Crippen LogP contribution is 2.34. The lowest BCUT2D eigenvalue weighted by atomic mass is 9.76. The number of benzene rings is 1. The van der Waals surface area contributed by atoms with E-state index in [9.17, 15) is 14.0 Å². The minimum atomic E-state index is -0.688. The third-order valence-corrected chi connectivity index (χ3v) is 4.82. The highest BCUT2D eigenvalue weighted by molar-refractivity contribution is 6.33. The summed E-state index contributed by atoms with van der Waals surface area (Å²) in [6.45, 7) is 7.39. The van der Waals surface area contributed by atoms with Crippen molar-refractivity contribution in [3.63, 3.8) is 0 Å². The van der Waals surface area contributed by atoms with E-state index < -0.39 is 23.5 Å². The molecule has 0 bridgehead atoms. The number of hydrogen-bond donors (Lipinski definition) is 2. The molecule has 1 aliphatic carbocycles. The van der Waals surface area contributed by atoms with E-state index in [-0.39, 0.29) is 28.6 Å². The van der Waals surface area contributed by atoms with Crippen LogP contribution in [0.5, 0.6) is 0 Å². The average Bonchev–Trinajstić information content (AvgIpc) is 2.51. The fourth-order valence-electron chi connectivity index (χ4n) is 2.96. The molecule has 0 unspecified atom stereocenters. The first kappa shape index (κ1) is 21.3. The predicted molar refractivity (Wildman–Crippen MR) is 102 cm³/mol. The Balaban J connectivity index is 1.92. The van der Waals surface area contributed by atoms with Crippen LogP contribution in [0.1, 0.15) is 50.9 Å². The van der Waals surface area contributed by atoms with Gasteiger partial charge in [-0.15, -0.1) is 0 Å². The number of amides is 1. The summed E-state index contributed by atoms with van der Waals surface area (Å²) >= 11 is 6.02. The maximum atomic E-state index is 14.0. The Morgan fingerprint density at radius 3 is 2.48 bits per heavy atom. The van der Waals surface area contributed by atoms with Crippen molar-refractivity contribution in [3.05, 3.63) is 28.5 Å². The molecule has 27 heavy (non-hydrogen) atoms. The molecule has 1 aromatic rings. The van der Waals surface area contributed by atoms with Crippen molar-refractivity contribution in [1.29, 1.82) is 0 Å². The number of carbonyl (C=O) groups excluding carboxylic acids is 2. The molecule has 8 heteroatoms. The fourth-order valence-corrected chi connectivity index (χ4v) is 3.12. The largest absolute Gasteiger partial charge is 0.465 e. The SMILES string of the molecule is COC(=O)c1cc(F)c(Cl)c(N[C@@H](C)C2CC(NC(=O)OC(C)(C)C)C2)c1. The molecule has 0 aromatic heterocycles. The normalized spacial score (nSPS) is 20.3. The summed E-state index contributed by atoms with van der Waals surface area (Å²) in [5.74, 6) is -1.05. The van der Waals surface area contributed by atoms with Crippen LogP contribution >= 0.6 is 11.6 Å². The Morgan fingerprint density at radius 1 is 1.30 bits per heavy atom. The molecule has 0 saturated heterocycles. The lowest BCUT2D eigenvalue weighted by Crippen LogP contribution is -2.49. The van der Waals surface area contributed by atoms with Crippen molar-refractivity contribution < 1.29 is 23.5 Å². The van der Waals surface area contributed by atoms with Crippen molar-refractivity contribution in [2.75, 3.05) is 12.4 Å². The quantitative estimate of drug-likeness (QED) is 0.718. The zero-order valence-corrected chi connectivity index (χ0v) is 16.9. The molecule has 6 nitrogen and oxygen atoms in total. The molecule has 1 atom stereocenters. The number of hydrogen-bond acceptors (Lipinski definition) is 5. The van der Waals surface area contributed by atoms with Gasteiger partial charge in [-0.25, -0.2) is 14.0 Å². The van der Waals surface area contributed by atoms with Gasteiger partial charge in [-0.05, 0) is 58.6 Å². The first-order valence-corrected chi connectivity index (χ1v) is 9.21. The predicted octanol–water partition coefficient (Wildman–Crippen LogP) is 4.37. The lowest BCUT2D eigenvalue weighted by molar-refractivity contribution is 0.0446. The van der Waals surface area contributed by atoms with Gasteiger partial charge in [0.1, 0.15) is 11.4 Å². The van der Waals surface area contributed by atoms with Crippen molar-refractivity contribution in [3.8, 4) is 0 Å². The van der Waals surface area contributed by atoms with Gasteiger partial charge in [0.15, 0.2) is 0 Å². The number of halogens is 2. The molecule has 1 saturated carbocycles. The van der Waals surface area contributed by atoms with Gasteiger partial charge in [-0.2, -0.15) is 0 Å². The highest BCUT2D eigenvalue weighted by atomic mass is 35.5. The molecule has 1 fully saturated rings. The summed E-state index contributed by atoms with van der Waals surface area (Å²) < 4.78 is 23.9. The van der Waals surface area contributed by atoms with Crippen LogP contribution in [-0.4, -0.2) is 36.9 Å². The van der Waals surface area contributed by atoms with Crippen LogP contribution in [0.25, 0.3) is 0 Å². The number of ether oxygens (including phenoxy) is 2. The minimum Gasteiger partial charge on any atom is -0.465 e. The number of rotatable bonds is 5. The molecule has 0 spiro atoms. The van der Waals surface area contributed by atoms with Crippen LogP contribution in [-0.2, 0) is 9.47 Å². The Kier molecular flexibility index (Phi) is 6.57. The molecule has 150 valence electrons. The van der Waals surface area contributed by atoms with Crippen LogP contribution in [0.15, 0.2) is 12.1 Å². The van der Waals surface area contributed by atoms with Crippen LogP contribution in [0.4, 0.5) is 14.9 Å². The second-order valence-corrected chi connectivity index (χ2v) is 8.20. The number of alkyl carbamates (subject to hydrolysis) is 1. The molecule has 1 amide bonds. The number of esters is 1. The third kappa shape index (κ3) is 5.73. The van der Waals surface area contributed by atoms with Crippen molar-refractivity contribution in [2.45, 2.75) is 58.2 Å². The zero-order chi connectivity index (χ0) is 20.4. The number of carbonyl (C=O) groups is 2. The molecule has 1 aliphatic rings. The minimum absolute atomic E-state index is 0.0218. The van der Waals surface area contributed by atoms with Crippen LogP contribution in [0.2, 0.25) is 5.02 Å². The van der Waals surface area contributed by atoms with Crippen molar-refractivity contribution in [1.82, 2.24) is 5.32 Å². The number of methoxy groups -OCH3 is 1. The average molecular weight is 401 g/mol. The van der Waals surface area contributed by atoms with Gasteiger partial charge in [0.25, 0.3) is 0 Å². The fraction of sp³-hybridized carbons (Fsp3) is 0.579. The first-order chi connectivity index (χ1) is 12.5. The lowest BCUT2D eigenvalue weighted by Gasteiger charge is -2.40. The van der Waals surface area contributed by atoms with E-state index in [0.29, 0.717) is 5.69 Å². The van der Waals surface area contributed by atoms with Crippen molar-refractivity contribution in [2.24, 2.45) is 5.92 Å². The van der Waals surface area contributed by atoms with Gasteiger partial charge in [-0.3, -0.25) is 0 Å². The Hall–Kier alpha value is -2.02. The molecule has 0 radical (unpaired) electrons. The summed E-state index contributed by atoms with van der Waals surface area (Å²) in [4.78, 5) is 23.4. The molecule has 1 aromatic carbocycles. The van der Waals surface area contributed by atoms with Gasteiger partial charge in [-0.1, -0.05) is 11.6 Å². The Morgan fingerprint density at radius 2 is 1.93 bits per heavy atom. The van der Waals surface area contributed by atoms with Gasteiger partial charge in [0, 0.05) is 12.1 Å². The molecular formula is C19H26ClFN2O4. The Bertz CT molecular complexity index is 714. The standard InChI is InChI=1S/C19H26ClFN2O4/c1-10(11-6-13(7-11)23-18(25)27-19(2,3)4)22-15-9-12(17(24)26-5)8-14(21)16(15)20/h8-11,13,22H,6-7H2,1-5H3,(H,23,25)/t10-,11?,13?/m0/s1. The molecule has 2 rings (SSSR count). The van der Waals surface area contributed by atoms with E-state index in [0.717, 1.165) is 18.9 Å². The summed E-state index contributed by atoms with van der Waals surface area (Å²) in [6.07, 6.45) is 1.11. The molecule has 0 aliphatic heterocycles. The maximum Gasteiger partial charge on any atom is 0.407 e. The van der Waals surface area contributed by atoms with Gasteiger partial charge in [0.2, 0.25) is 0 Å². The van der Waals surface area contributed by atoms with Gasteiger partial charge >= 0.3 is 12.1 Å². The summed E-state index contributed by atoms with van der Waals surface area (Å²) in [7, 11) is 1.23. The van der Waals surface area contributed by atoms with E-state index >= 15 is 0 Å². The summed E-state index contributed by atoms with van der Waals surface area (Å²) in [5.41, 5.74) is -0.103. The first-order valence-electron chi connectivity index (χ1n) is 8.83. The highest BCUT2D eigenvalue weighted by Gasteiger charge is 2.35. The second kappa shape index (κ2) is 8.33. The monoisotopic (exact) mass is 400 g/mol. The number of anilines is 1. The molecular weight excluding hydrogens is 375 g/mol. The van der Waals surface area contributed by atoms with E-state index in [1.807, 2.05) is 27.7 Å². The Labute approximate surface area is 163 Å². The van der Waals surface area contributed by atoms with Crippen molar-refractivity contribution >= 4 is 29.4 Å². The topological polar surface area (TPSA) is 76.7 Å². The molecule has 0 heterocycles. The number of nitrogens with one attached hydrogen (secondary N) is 2. The van der Waals surface area contributed by atoms with Crippen LogP contribution in [0, 0.1) is 11.7 Å². The second-order valence-electron chi connectivity index (χ2n) is 7.82. The third-order valence-electron chi connectivity index (χ3n) is 4.43. The van der Waals surface area contributed by atoms with Gasteiger partial charge < -0.3 is 20.1 Å². The van der Waals surface area contributed by atoms with Crippen LogP contribution in [0.3, 0.4) is 0 Å². The van der Waals surface area contributed by atoms with E-state index in [2.05, 4.69) is 15.4 Å². The smallest absolute Gasteiger partial charge is 0.407 e. The summed E-state index contributed by atoms with van der Waals surface area (Å²) in [6, 6.07) is 2.55. The van der Waals surface area contributed by atoms with Gasteiger partial charge in [0.05, 0.1) is 23.4 Å². The maximum absolute atomic E-state index is 14.0. The summed E-state index contributed by atoms with van der Waals surface area (Å²) in [5, 5.41) is 5.93. The van der Waals surface area contributed by atoms with Crippen LogP contribution < -0.4 is 10.6 Å².